The van der Waals surface area contributed by atoms with Crippen LogP contribution in [0.4, 0.5) is 5.82 Å². The van der Waals surface area contributed by atoms with Crippen molar-refractivity contribution >= 4 is 50.7 Å². The summed E-state index contributed by atoms with van der Waals surface area (Å²) >= 11 is 14.6. The number of hydrogen-bond donors (Lipinski definition) is 2. The predicted molar refractivity (Wildman–Crippen MR) is 112 cm³/mol. The van der Waals surface area contributed by atoms with Crippen molar-refractivity contribution in [1.29, 1.82) is 0 Å². The first-order valence-corrected chi connectivity index (χ1v) is 9.67. The first kappa shape index (κ1) is 18.9. The first-order chi connectivity index (χ1) is 12.6. The Bertz CT molecular complexity index is 860. The van der Waals surface area contributed by atoms with Gasteiger partial charge in [0.25, 0.3) is 0 Å². The van der Waals surface area contributed by atoms with Crippen LogP contribution in [0.3, 0.4) is 0 Å². The Morgan fingerprint density at radius 3 is 2.73 bits per heavy atom. The number of thiocarbonyl (C=S) groups is 1. The average Bonchev–Trinajstić information content (AvgIpc) is 3.23. The number of aryl methyl sites for hydroxylation is 1. The van der Waals surface area contributed by atoms with Gasteiger partial charge < -0.3 is 10.6 Å². The third kappa shape index (κ3) is 5.82. The van der Waals surface area contributed by atoms with Crippen LogP contribution in [0.1, 0.15) is 12.0 Å². The minimum absolute atomic E-state index is 0.559. The molecule has 0 bridgehead atoms. The molecule has 0 atom stereocenters. The lowest BCUT2D eigenvalue weighted by atomic mass is 10.2. The Hall–Kier alpha value is -1.90. The van der Waals surface area contributed by atoms with E-state index in [1.165, 1.54) is 0 Å². The molecule has 6 nitrogen and oxygen atoms in total. The third-order valence-corrected chi connectivity index (χ3v) is 4.50. The Morgan fingerprint density at radius 2 is 2.00 bits per heavy atom. The maximum absolute atomic E-state index is 5.90. The molecule has 0 spiro atoms. The van der Waals surface area contributed by atoms with E-state index < -0.39 is 0 Å². The largest absolute Gasteiger partial charge is 0.362 e. The number of nitrogens with zero attached hydrogens (tertiary/aromatic N) is 4. The zero-order valence-electron chi connectivity index (χ0n) is 13.9. The van der Waals surface area contributed by atoms with Gasteiger partial charge >= 0.3 is 0 Å². The predicted octanol–water partition coefficient (Wildman–Crippen LogP) is 3.92. The molecule has 26 heavy (non-hydrogen) atoms. The number of aromatic nitrogens is 4. The van der Waals surface area contributed by atoms with E-state index in [0.29, 0.717) is 17.5 Å². The molecule has 2 aromatic heterocycles. The van der Waals surface area contributed by atoms with E-state index >= 15 is 0 Å². The zero-order chi connectivity index (χ0) is 18.4. The summed E-state index contributed by atoms with van der Waals surface area (Å²) in [6.07, 6.45) is 6.56. The highest BCUT2D eigenvalue weighted by molar-refractivity contribution is 9.10. The second-order valence-electron chi connectivity index (χ2n) is 5.68. The van der Waals surface area contributed by atoms with Gasteiger partial charge in [0.1, 0.15) is 0 Å². The van der Waals surface area contributed by atoms with Gasteiger partial charge in [0, 0.05) is 36.6 Å². The van der Waals surface area contributed by atoms with Crippen LogP contribution in [-0.4, -0.2) is 31.2 Å². The van der Waals surface area contributed by atoms with Gasteiger partial charge in [-0.1, -0.05) is 23.7 Å². The molecular formula is C17H18BrClN6S. The number of benzene rings is 1. The van der Waals surface area contributed by atoms with Gasteiger partial charge in [0.2, 0.25) is 0 Å². The van der Waals surface area contributed by atoms with E-state index in [4.69, 9.17) is 23.8 Å². The van der Waals surface area contributed by atoms with Crippen LogP contribution in [-0.2, 0) is 13.1 Å². The molecule has 0 saturated heterocycles. The van der Waals surface area contributed by atoms with E-state index in [-0.39, 0.29) is 0 Å². The normalized spacial score (nSPS) is 10.7. The quantitative estimate of drug-likeness (QED) is 0.419. The molecule has 0 unspecified atom stereocenters. The highest BCUT2D eigenvalue weighted by atomic mass is 79.9. The van der Waals surface area contributed by atoms with Crippen LogP contribution in [0, 0.1) is 0 Å². The molecule has 0 aliphatic heterocycles. The maximum atomic E-state index is 5.90. The van der Waals surface area contributed by atoms with Gasteiger partial charge in [-0.2, -0.15) is 10.2 Å². The number of anilines is 1. The van der Waals surface area contributed by atoms with Crippen molar-refractivity contribution in [2.24, 2.45) is 0 Å². The standard InChI is InChI=1S/C17H18BrClN6S/c18-14-10-21-24(12-14)8-1-7-20-17(26)22-16-6-9-25(23-16)11-13-2-4-15(19)5-3-13/h2-6,9-10,12H,1,7-8,11H2,(H2,20,22,23,26). The molecular weight excluding hydrogens is 436 g/mol. The molecule has 1 aromatic carbocycles. The van der Waals surface area contributed by atoms with E-state index in [1.807, 2.05) is 52.1 Å². The fraction of sp³-hybridized carbons (Fsp3) is 0.235. The monoisotopic (exact) mass is 452 g/mol. The van der Waals surface area contributed by atoms with Crippen molar-refractivity contribution < 1.29 is 0 Å². The topological polar surface area (TPSA) is 59.7 Å². The second kappa shape index (κ2) is 9.16. The highest BCUT2D eigenvalue weighted by Crippen LogP contribution is 2.11. The minimum atomic E-state index is 0.559. The van der Waals surface area contributed by atoms with Crippen molar-refractivity contribution in [3.63, 3.8) is 0 Å². The van der Waals surface area contributed by atoms with Gasteiger partial charge in [-0.3, -0.25) is 9.36 Å². The van der Waals surface area contributed by atoms with Gasteiger partial charge in [0.15, 0.2) is 10.9 Å². The smallest absolute Gasteiger partial charge is 0.171 e. The van der Waals surface area contributed by atoms with Crippen LogP contribution in [0.5, 0.6) is 0 Å². The molecule has 2 heterocycles. The van der Waals surface area contributed by atoms with Crippen molar-refractivity contribution in [3.8, 4) is 0 Å². The van der Waals surface area contributed by atoms with Crippen molar-refractivity contribution in [2.75, 3.05) is 11.9 Å². The second-order valence-corrected chi connectivity index (χ2v) is 7.44. The lowest BCUT2D eigenvalue weighted by Crippen LogP contribution is -2.30. The molecule has 3 rings (SSSR count). The van der Waals surface area contributed by atoms with Gasteiger partial charge in [0.05, 0.1) is 17.2 Å². The summed E-state index contributed by atoms with van der Waals surface area (Å²) in [4.78, 5) is 0. The van der Waals surface area contributed by atoms with E-state index in [2.05, 4.69) is 36.8 Å². The summed E-state index contributed by atoms with van der Waals surface area (Å²) in [6.45, 7) is 2.27. The van der Waals surface area contributed by atoms with Crippen LogP contribution in [0.2, 0.25) is 5.02 Å². The first-order valence-electron chi connectivity index (χ1n) is 8.09. The summed E-state index contributed by atoms with van der Waals surface area (Å²) in [5, 5.41) is 16.3. The van der Waals surface area contributed by atoms with E-state index in [1.54, 1.807) is 6.20 Å². The molecule has 0 aliphatic rings. The molecule has 0 radical (unpaired) electrons. The van der Waals surface area contributed by atoms with Crippen LogP contribution in [0.25, 0.3) is 0 Å². The fourth-order valence-corrected chi connectivity index (χ4v) is 3.02. The van der Waals surface area contributed by atoms with Crippen molar-refractivity contribution in [2.45, 2.75) is 19.5 Å². The van der Waals surface area contributed by atoms with Crippen LogP contribution in [0.15, 0.2) is 53.4 Å². The van der Waals surface area contributed by atoms with E-state index in [9.17, 15) is 0 Å². The molecule has 0 amide bonds. The summed E-state index contributed by atoms with van der Waals surface area (Å²) < 4.78 is 4.72. The van der Waals surface area contributed by atoms with Crippen molar-refractivity contribution in [1.82, 2.24) is 24.9 Å². The van der Waals surface area contributed by atoms with Crippen molar-refractivity contribution in [3.05, 3.63) is 64.0 Å². The van der Waals surface area contributed by atoms with E-state index in [0.717, 1.165) is 34.6 Å². The SMILES string of the molecule is S=C(NCCCn1cc(Br)cn1)Nc1ccn(Cc2ccc(Cl)cc2)n1. The minimum Gasteiger partial charge on any atom is -0.362 e. The van der Waals surface area contributed by atoms with Crippen LogP contribution >= 0.6 is 39.7 Å². The summed E-state index contributed by atoms with van der Waals surface area (Å²) in [5.41, 5.74) is 1.13. The molecule has 0 saturated carbocycles. The average molecular weight is 454 g/mol. The Balaban J connectivity index is 1.40. The number of hydrogen-bond acceptors (Lipinski definition) is 3. The van der Waals surface area contributed by atoms with Gasteiger partial charge in [-0.25, -0.2) is 0 Å². The summed E-state index contributed by atoms with van der Waals surface area (Å²) in [7, 11) is 0. The van der Waals surface area contributed by atoms with Gasteiger partial charge in [-0.15, -0.1) is 0 Å². The highest BCUT2D eigenvalue weighted by Gasteiger charge is 2.03. The summed E-state index contributed by atoms with van der Waals surface area (Å²) in [5.74, 6) is 0.715. The Labute approximate surface area is 170 Å². The molecule has 136 valence electrons. The maximum Gasteiger partial charge on any atom is 0.171 e. The lowest BCUT2D eigenvalue weighted by Gasteiger charge is -2.08. The van der Waals surface area contributed by atoms with Crippen LogP contribution < -0.4 is 10.6 Å². The molecule has 0 fully saturated rings. The Morgan fingerprint density at radius 1 is 1.19 bits per heavy atom. The lowest BCUT2D eigenvalue weighted by molar-refractivity contribution is 0.573. The summed E-state index contributed by atoms with van der Waals surface area (Å²) in [6, 6.07) is 9.62. The zero-order valence-corrected chi connectivity index (χ0v) is 17.1. The number of rotatable bonds is 7. The fourth-order valence-electron chi connectivity index (χ4n) is 2.36. The molecule has 2 N–H and O–H groups in total. The third-order valence-electron chi connectivity index (χ3n) is 3.59. The van der Waals surface area contributed by atoms with Gasteiger partial charge in [-0.05, 0) is 52.3 Å². The molecule has 0 aliphatic carbocycles. The molecule has 3 aromatic rings. The number of nitrogens with one attached hydrogen (secondary N) is 2. The molecule has 9 heteroatoms. The number of halogens is 2. The Kier molecular flexibility index (Phi) is 6.65.